The van der Waals surface area contributed by atoms with Crippen LogP contribution in [0.25, 0.3) is 5.69 Å². The predicted molar refractivity (Wildman–Crippen MR) is 117 cm³/mol. The molecule has 0 spiro atoms. The number of thioether (sulfide) groups is 1. The molecule has 0 bridgehead atoms. The first-order valence-corrected chi connectivity index (χ1v) is 11.3. The van der Waals surface area contributed by atoms with Crippen LogP contribution in [0.2, 0.25) is 0 Å². The first kappa shape index (κ1) is 21.4. The van der Waals surface area contributed by atoms with Crippen molar-refractivity contribution in [3.8, 4) is 5.69 Å². The number of anilines is 1. The van der Waals surface area contributed by atoms with Crippen molar-refractivity contribution in [1.29, 1.82) is 0 Å². The van der Waals surface area contributed by atoms with Crippen molar-refractivity contribution in [1.82, 2.24) is 20.0 Å². The zero-order chi connectivity index (χ0) is 20.8. The number of aromatic nitrogens is 2. The Balaban J connectivity index is 1.65. The molecule has 1 aliphatic heterocycles. The molecule has 1 aromatic carbocycles. The second kappa shape index (κ2) is 9.93. The molecule has 0 aliphatic carbocycles. The van der Waals surface area contributed by atoms with Crippen LogP contribution >= 0.6 is 11.8 Å². The third kappa shape index (κ3) is 5.19. The second-order valence-corrected chi connectivity index (χ2v) is 8.09. The van der Waals surface area contributed by atoms with Crippen molar-refractivity contribution >= 4 is 29.4 Å². The predicted octanol–water partition coefficient (Wildman–Crippen LogP) is 2.71. The highest BCUT2D eigenvalue weighted by Crippen LogP contribution is 2.36. The average Bonchev–Trinajstić information content (AvgIpc) is 3.31. The van der Waals surface area contributed by atoms with Crippen LogP contribution in [-0.2, 0) is 21.1 Å². The summed E-state index contributed by atoms with van der Waals surface area (Å²) in [6, 6.07) is 7.94. The minimum absolute atomic E-state index is 0.480. The van der Waals surface area contributed by atoms with Crippen molar-refractivity contribution in [2.24, 2.45) is 0 Å². The maximum absolute atomic E-state index is 12.5. The van der Waals surface area contributed by atoms with Crippen LogP contribution in [0.15, 0.2) is 24.3 Å². The van der Waals surface area contributed by atoms with Gasteiger partial charge in [0.15, 0.2) is 0 Å². The van der Waals surface area contributed by atoms with Crippen LogP contribution in [-0.4, -0.2) is 52.7 Å². The number of hydrogen-bond donors (Lipinski definition) is 2. The molecule has 156 valence electrons. The first-order chi connectivity index (χ1) is 14.0. The van der Waals surface area contributed by atoms with Crippen molar-refractivity contribution < 1.29 is 9.59 Å². The van der Waals surface area contributed by atoms with Gasteiger partial charge >= 0.3 is 11.8 Å². The van der Waals surface area contributed by atoms with Gasteiger partial charge in [-0.2, -0.15) is 16.9 Å². The van der Waals surface area contributed by atoms with Gasteiger partial charge in [-0.25, -0.2) is 4.68 Å². The Bertz CT molecular complexity index is 859. The molecule has 29 heavy (non-hydrogen) atoms. The highest BCUT2D eigenvalue weighted by molar-refractivity contribution is 7.98. The molecule has 0 fully saturated rings. The topological polar surface area (TPSA) is 79.3 Å². The number of hydrogen-bond acceptors (Lipinski definition) is 5. The Hall–Kier alpha value is -2.32. The van der Waals surface area contributed by atoms with E-state index in [-0.39, 0.29) is 0 Å². The van der Waals surface area contributed by atoms with Crippen LogP contribution in [0, 0.1) is 6.92 Å². The molecular weight excluding hydrogens is 386 g/mol. The fraction of sp³-hybridized carbons (Fsp3) is 0.476. The van der Waals surface area contributed by atoms with Gasteiger partial charge in [0.25, 0.3) is 0 Å². The Labute approximate surface area is 176 Å². The largest absolute Gasteiger partial charge is 0.348 e. The Morgan fingerprint density at radius 2 is 1.86 bits per heavy atom. The number of carbonyl (C=O) groups excluding carboxylic acids is 2. The smallest absolute Gasteiger partial charge is 0.314 e. The number of rotatable bonds is 8. The summed E-state index contributed by atoms with van der Waals surface area (Å²) in [5.41, 5.74) is 3.98. The highest BCUT2D eigenvalue weighted by atomic mass is 32.2. The Kier molecular flexibility index (Phi) is 7.33. The van der Waals surface area contributed by atoms with Crippen molar-refractivity contribution in [2.45, 2.75) is 38.7 Å². The first-order valence-electron chi connectivity index (χ1n) is 10.1. The molecule has 0 radical (unpaired) electrons. The highest BCUT2D eigenvalue weighted by Gasteiger charge is 2.26. The minimum Gasteiger partial charge on any atom is -0.348 e. The van der Waals surface area contributed by atoms with Gasteiger partial charge in [-0.3, -0.25) is 9.59 Å². The fourth-order valence-corrected chi connectivity index (χ4v) is 4.34. The zero-order valence-electron chi connectivity index (χ0n) is 17.3. The summed E-state index contributed by atoms with van der Waals surface area (Å²) in [4.78, 5) is 27.1. The summed E-state index contributed by atoms with van der Waals surface area (Å²) in [5, 5.41) is 10.2. The van der Waals surface area contributed by atoms with E-state index in [0.717, 1.165) is 60.1 Å². The van der Waals surface area contributed by atoms with Gasteiger partial charge in [0.2, 0.25) is 0 Å². The molecule has 2 heterocycles. The monoisotopic (exact) mass is 415 g/mol. The summed E-state index contributed by atoms with van der Waals surface area (Å²) < 4.78 is 1.73. The normalized spacial score (nSPS) is 12.8. The number of fused-ring (bicyclic) bond motifs is 1. The molecule has 1 aromatic heterocycles. The quantitative estimate of drug-likeness (QED) is 0.512. The minimum atomic E-state index is -0.652. The van der Waals surface area contributed by atoms with E-state index in [4.69, 9.17) is 0 Å². The van der Waals surface area contributed by atoms with E-state index in [0.29, 0.717) is 12.4 Å². The lowest BCUT2D eigenvalue weighted by Gasteiger charge is -2.17. The number of carbonyl (C=O) groups is 2. The van der Waals surface area contributed by atoms with E-state index < -0.39 is 11.8 Å². The summed E-state index contributed by atoms with van der Waals surface area (Å²) in [5.74, 6) is 0.926. The van der Waals surface area contributed by atoms with Crippen LogP contribution in [0.3, 0.4) is 0 Å². The average molecular weight is 416 g/mol. The number of nitrogens with one attached hydrogen (secondary N) is 2. The van der Waals surface area contributed by atoms with E-state index in [1.165, 1.54) is 0 Å². The number of benzene rings is 1. The SMILES string of the molecule is CCN(CC)CCCNC(=O)C(=O)Nc1c2c(nn1-c1ccc(C)cc1)CSC2. The lowest BCUT2D eigenvalue weighted by molar-refractivity contribution is -0.136. The van der Waals surface area contributed by atoms with Gasteiger partial charge < -0.3 is 15.5 Å². The van der Waals surface area contributed by atoms with Gasteiger partial charge in [0.05, 0.1) is 11.4 Å². The van der Waals surface area contributed by atoms with Crippen LogP contribution < -0.4 is 10.6 Å². The van der Waals surface area contributed by atoms with Crippen LogP contribution in [0.4, 0.5) is 5.82 Å². The summed E-state index contributed by atoms with van der Waals surface area (Å²) in [6.07, 6.45) is 0.814. The van der Waals surface area contributed by atoms with E-state index in [1.54, 1.807) is 16.4 Å². The maximum Gasteiger partial charge on any atom is 0.314 e. The molecule has 8 heteroatoms. The van der Waals surface area contributed by atoms with Crippen molar-refractivity contribution in [3.63, 3.8) is 0 Å². The molecule has 0 atom stereocenters. The number of nitrogens with zero attached hydrogens (tertiary/aromatic N) is 3. The molecule has 3 rings (SSSR count). The van der Waals surface area contributed by atoms with Crippen LogP contribution in [0.1, 0.15) is 37.1 Å². The lowest BCUT2D eigenvalue weighted by atomic mass is 10.2. The third-order valence-corrected chi connectivity index (χ3v) is 6.07. The molecule has 0 unspecified atom stereocenters. The molecule has 0 saturated carbocycles. The third-order valence-electron chi connectivity index (χ3n) is 5.10. The summed E-state index contributed by atoms with van der Waals surface area (Å²) in [6.45, 7) is 9.60. The number of aryl methyl sites for hydroxylation is 1. The lowest BCUT2D eigenvalue weighted by Crippen LogP contribution is -2.37. The molecule has 1 aliphatic rings. The van der Waals surface area contributed by atoms with Gasteiger partial charge in [-0.15, -0.1) is 0 Å². The van der Waals surface area contributed by atoms with Crippen LogP contribution in [0.5, 0.6) is 0 Å². The molecular formula is C21H29N5O2S. The standard InChI is InChI=1S/C21H29N5O2S/c1-4-25(5-2)12-6-11-22-20(27)21(28)23-19-17-13-29-14-18(17)24-26(19)16-9-7-15(3)8-10-16/h7-10H,4-6,11-14H2,1-3H3,(H,22,27)(H,23,28). The molecule has 0 saturated heterocycles. The maximum atomic E-state index is 12.5. The number of amides is 2. The van der Waals surface area contributed by atoms with E-state index >= 15 is 0 Å². The van der Waals surface area contributed by atoms with E-state index in [9.17, 15) is 9.59 Å². The van der Waals surface area contributed by atoms with Crippen molar-refractivity contribution in [3.05, 3.63) is 41.1 Å². The van der Waals surface area contributed by atoms with Crippen molar-refractivity contribution in [2.75, 3.05) is 31.5 Å². The fourth-order valence-electron chi connectivity index (χ4n) is 3.30. The Morgan fingerprint density at radius 1 is 1.14 bits per heavy atom. The summed E-state index contributed by atoms with van der Waals surface area (Å²) in [7, 11) is 0. The van der Waals surface area contributed by atoms with E-state index in [1.807, 2.05) is 31.2 Å². The Morgan fingerprint density at radius 3 is 2.55 bits per heavy atom. The molecule has 2 N–H and O–H groups in total. The second-order valence-electron chi connectivity index (χ2n) is 7.10. The molecule has 7 nitrogen and oxygen atoms in total. The van der Waals surface area contributed by atoms with Gasteiger partial charge in [0, 0.05) is 23.6 Å². The molecule has 2 amide bonds. The van der Waals surface area contributed by atoms with Gasteiger partial charge in [-0.05, 0) is 45.1 Å². The molecule has 2 aromatic rings. The zero-order valence-corrected chi connectivity index (χ0v) is 18.1. The van der Waals surface area contributed by atoms with Gasteiger partial charge in [0.1, 0.15) is 5.82 Å². The van der Waals surface area contributed by atoms with E-state index in [2.05, 4.69) is 34.5 Å². The van der Waals surface area contributed by atoms with Gasteiger partial charge in [-0.1, -0.05) is 31.5 Å². The summed E-state index contributed by atoms with van der Waals surface area (Å²) >= 11 is 1.76.